The van der Waals surface area contributed by atoms with Gasteiger partial charge in [-0.05, 0) is 66.4 Å². The molecule has 0 aliphatic carbocycles. The first-order valence-electron chi connectivity index (χ1n) is 15.4. The number of hydrogen-bond donors (Lipinski definition) is 1. The smallest absolute Gasteiger partial charge is 0.339 e. The second-order valence-electron chi connectivity index (χ2n) is 10.6. The van der Waals surface area contributed by atoms with Gasteiger partial charge in [0.15, 0.2) is 0 Å². The van der Waals surface area contributed by atoms with Crippen molar-refractivity contribution in [2.45, 2.75) is 46.1 Å². The van der Waals surface area contributed by atoms with E-state index in [4.69, 9.17) is 18.9 Å². The van der Waals surface area contributed by atoms with E-state index in [2.05, 4.69) is 36.6 Å². The first kappa shape index (κ1) is 31.3. The molecule has 0 unspecified atom stereocenters. The summed E-state index contributed by atoms with van der Waals surface area (Å²) in [5, 5.41) is 9.57. The third-order valence-corrected chi connectivity index (χ3v) is 7.37. The van der Waals surface area contributed by atoms with Gasteiger partial charge in [-0.1, -0.05) is 68.8 Å². The van der Waals surface area contributed by atoms with Crippen molar-refractivity contribution in [1.82, 2.24) is 4.57 Å². The molecular formula is C38H39NO6. The molecule has 1 aromatic heterocycles. The van der Waals surface area contributed by atoms with Crippen LogP contribution in [0.25, 0.3) is 5.69 Å². The Kier molecular flexibility index (Phi) is 10.8. The van der Waals surface area contributed by atoms with Crippen LogP contribution in [0.4, 0.5) is 0 Å². The lowest BCUT2D eigenvalue weighted by Gasteiger charge is -2.18. The number of hydrogen-bond acceptors (Lipinski definition) is 5. The van der Waals surface area contributed by atoms with Crippen LogP contribution in [0.3, 0.4) is 0 Å². The summed E-state index contributed by atoms with van der Waals surface area (Å²) in [5.74, 6) is 2.14. The summed E-state index contributed by atoms with van der Waals surface area (Å²) in [6, 6.07) is 30.5. The molecule has 0 fully saturated rings. The number of aryl methyl sites for hydroxylation is 1. The largest absolute Gasteiger partial charge is 0.493 e. The topological polar surface area (TPSA) is 79.2 Å². The number of aromatic nitrogens is 1. The molecule has 7 nitrogen and oxygen atoms in total. The predicted octanol–water partition coefficient (Wildman–Crippen LogP) is 8.91. The standard InChI is InChI=1S/C38H39NO6/c1-3-14-30-33(19-12-20-34(30)45-35-18-9-8-17-31(35)38(40)41)42-23-13-24-43-36-26-37(44-27-28-15-6-5-7-16-28)32(25-29(36)4-2)39-21-10-11-22-39/h5-12,15-22,25-26H,3-4,13-14,23-24,27H2,1-2H3,(H,40,41). The van der Waals surface area contributed by atoms with Crippen LogP contribution in [0.5, 0.6) is 28.7 Å². The Morgan fingerprint density at radius 3 is 2.13 bits per heavy atom. The van der Waals surface area contributed by atoms with Crippen LogP contribution in [0.15, 0.2) is 109 Å². The molecule has 1 heterocycles. The van der Waals surface area contributed by atoms with Gasteiger partial charge in [-0.2, -0.15) is 0 Å². The number of carboxylic acids is 1. The number of rotatable bonds is 16. The fourth-order valence-electron chi connectivity index (χ4n) is 5.10. The highest BCUT2D eigenvalue weighted by Crippen LogP contribution is 2.35. The molecule has 0 saturated carbocycles. The summed E-state index contributed by atoms with van der Waals surface area (Å²) in [7, 11) is 0. The Balaban J connectivity index is 1.25. The van der Waals surface area contributed by atoms with E-state index in [0.717, 1.165) is 58.9 Å². The molecule has 0 bridgehead atoms. The monoisotopic (exact) mass is 605 g/mol. The number of para-hydroxylation sites is 1. The number of carboxylic acid groups (broad SMARTS) is 1. The van der Waals surface area contributed by atoms with Gasteiger partial charge in [0.1, 0.15) is 40.9 Å². The number of ether oxygens (including phenoxy) is 4. The lowest BCUT2D eigenvalue weighted by molar-refractivity contribution is 0.0694. The molecule has 0 spiro atoms. The van der Waals surface area contributed by atoms with Crippen LogP contribution < -0.4 is 18.9 Å². The van der Waals surface area contributed by atoms with Gasteiger partial charge in [-0.3, -0.25) is 0 Å². The van der Waals surface area contributed by atoms with Crippen LogP contribution >= 0.6 is 0 Å². The van der Waals surface area contributed by atoms with Gasteiger partial charge in [-0.25, -0.2) is 4.79 Å². The number of nitrogens with zero attached hydrogens (tertiary/aromatic N) is 1. The summed E-state index contributed by atoms with van der Waals surface area (Å²) < 4.78 is 27.0. The average Bonchev–Trinajstić information content (AvgIpc) is 3.60. The molecule has 0 aliphatic rings. The van der Waals surface area contributed by atoms with Gasteiger partial charge in [0.2, 0.25) is 0 Å². The lowest BCUT2D eigenvalue weighted by atomic mass is 10.1. The van der Waals surface area contributed by atoms with Crippen molar-refractivity contribution in [3.05, 3.63) is 132 Å². The van der Waals surface area contributed by atoms with Crippen LogP contribution in [0, 0.1) is 0 Å². The third kappa shape index (κ3) is 8.06. The highest BCUT2D eigenvalue weighted by Gasteiger charge is 2.16. The molecule has 4 aromatic carbocycles. The second kappa shape index (κ2) is 15.5. The maximum atomic E-state index is 11.7. The van der Waals surface area contributed by atoms with Gasteiger partial charge in [0.05, 0.1) is 18.9 Å². The van der Waals surface area contributed by atoms with Crippen molar-refractivity contribution in [3.8, 4) is 34.4 Å². The second-order valence-corrected chi connectivity index (χ2v) is 10.6. The Morgan fingerprint density at radius 1 is 0.711 bits per heavy atom. The highest BCUT2D eigenvalue weighted by atomic mass is 16.5. The summed E-state index contributed by atoms with van der Waals surface area (Å²) in [6.07, 6.45) is 7.13. The van der Waals surface area contributed by atoms with E-state index in [9.17, 15) is 9.90 Å². The van der Waals surface area contributed by atoms with Gasteiger partial charge in [-0.15, -0.1) is 0 Å². The Bertz CT molecular complexity index is 1680. The predicted molar refractivity (Wildman–Crippen MR) is 175 cm³/mol. The molecule has 1 N–H and O–H groups in total. The van der Waals surface area contributed by atoms with Crippen molar-refractivity contribution in [3.63, 3.8) is 0 Å². The van der Waals surface area contributed by atoms with Gasteiger partial charge < -0.3 is 28.6 Å². The average molecular weight is 606 g/mol. The molecule has 0 amide bonds. The van der Waals surface area contributed by atoms with Gasteiger partial charge >= 0.3 is 5.97 Å². The first-order valence-corrected chi connectivity index (χ1v) is 15.4. The molecule has 45 heavy (non-hydrogen) atoms. The highest BCUT2D eigenvalue weighted by molar-refractivity contribution is 5.91. The fourth-order valence-corrected chi connectivity index (χ4v) is 5.10. The molecule has 5 rings (SSSR count). The van der Waals surface area contributed by atoms with Crippen molar-refractivity contribution in [2.75, 3.05) is 13.2 Å². The first-order chi connectivity index (χ1) is 22.1. The third-order valence-electron chi connectivity index (χ3n) is 7.37. The summed E-state index contributed by atoms with van der Waals surface area (Å²) in [4.78, 5) is 11.7. The van der Waals surface area contributed by atoms with Crippen molar-refractivity contribution < 1.29 is 28.8 Å². The molecule has 0 saturated heterocycles. The van der Waals surface area contributed by atoms with E-state index in [1.54, 1.807) is 18.2 Å². The minimum atomic E-state index is -1.03. The van der Waals surface area contributed by atoms with E-state index in [0.29, 0.717) is 37.7 Å². The molecular weight excluding hydrogens is 566 g/mol. The number of carbonyl (C=O) groups is 1. The maximum absolute atomic E-state index is 11.7. The molecule has 232 valence electrons. The SMILES string of the molecule is CCCc1c(OCCCOc2cc(OCc3ccccc3)c(-n3cccc3)cc2CC)cccc1Oc1ccccc1C(=O)O. The molecule has 0 radical (unpaired) electrons. The van der Waals surface area contributed by atoms with Gasteiger partial charge in [0.25, 0.3) is 0 Å². The summed E-state index contributed by atoms with van der Waals surface area (Å²) >= 11 is 0. The normalized spacial score (nSPS) is 10.8. The zero-order valence-electron chi connectivity index (χ0n) is 25.8. The minimum Gasteiger partial charge on any atom is -0.493 e. The quantitative estimate of drug-likeness (QED) is 0.113. The molecule has 0 atom stereocenters. The summed E-state index contributed by atoms with van der Waals surface area (Å²) in [6.45, 7) is 5.59. The molecule has 0 aliphatic heterocycles. The van der Waals surface area contributed by atoms with Crippen LogP contribution in [0.2, 0.25) is 0 Å². The Hall–Kier alpha value is -5.17. The van der Waals surface area contributed by atoms with E-state index in [1.807, 2.05) is 67.0 Å². The zero-order chi connectivity index (χ0) is 31.4. The fraction of sp³-hybridized carbons (Fsp3) is 0.237. The van der Waals surface area contributed by atoms with E-state index >= 15 is 0 Å². The van der Waals surface area contributed by atoms with Crippen LogP contribution in [-0.4, -0.2) is 28.9 Å². The van der Waals surface area contributed by atoms with Crippen LogP contribution in [0.1, 0.15) is 53.7 Å². The number of benzene rings is 4. The van der Waals surface area contributed by atoms with E-state index in [-0.39, 0.29) is 5.56 Å². The van der Waals surface area contributed by atoms with Crippen molar-refractivity contribution in [2.24, 2.45) is 0 Å². The zero-order valence-corrected chi connectivity index (χ0v) is 25.8. The van der Waals surface area contributed by atoms with Gasteiger partial charge in [0, 0.05) is 30.4 Å². The minimum absolute atomic E-state index is 0.116. The molecule has 5 aromatic rings. The Morgan fingerprint density at radius 2 is 1.40 bits per heavy atom. The Labute approximate surface area is 264 Å². The number of aromatic carboxylic acids is 1. The summed E-state index contributed by atoms with van der Waals surface area (Å²) in [5.41, 5.74) is 4.20. The van der Waals surface area contributed by atoms with Crippen LogP contribution in [-0.2, 0) is 19.4 Å². The van der Waals surface area contributed by atoms with E-state index < -0.39 is 5.97 Å². The molecule has 7 heteroatoms. The lowest BCUT2D eigenvalue weighted by Crippen LogP contribution is -2.09. The van der Waals surface area contributed by atoms with Crippen molar-refractivity contribution in [1.29, 1.82) is 0 Å². The van der Waals surface area contributed by atoms with E-state index in [1.165, 1.54) is 6.07 Å². The maximum Gasteiger partial charge on any atom is 0.339 e. The van der Waals surface area contributed by atoms with Crippen molar-refractivity contribution >= 4 is 5.97 Å².